The molecule has 0 heterocycles. The monoisotopic (exact) mass is 368 g/mol. The summed E-state index contributed by atoms with van der Waals surface area (Å²) in [5, 5.41) is 5.86. The van der Waals surface area contributed by atoms with E-state index in [1.807, 2.05) is 38.1 Å². The molecule has 0 fully saturated rings. The maximum absolute atomic E-state index is 12.7. The van der Waals surface area contributed by atoms with E-state index in [4.69, 9.17) is 0 Å². The van der Waals surface area contributed by atoms with Crippen LogP contribution in [0.15, 0.2) is 47.4 Å². The number of thioether (sulfide) groups is 1. The van der Waals surface area contributed by atoms with Crippen molar-refractivity contribution in [1.29, 1.82) is 0 Å². The van der Waals surface area contributed by atoms with Crippen molar-refractivity contribution in [2.75, 3.05) is 11.1 Å². The van der Waals surface area contributed by atoms with E-state index in [-0.39, 0.29) is 17.9 Å². The van der Waals surface area contributed by atoms with Crippen LogP contribution in [0.2, 0.25) is 0 Å². The van der Waals surface area contributed by atoms with Gasteiger partial charge in [0.2, 0.25) is 5.91 Å². The summed E-state index contributed by atoms with van der Waals surface area (Å²) >= 11 is 1.38. The van der Waals surface area contributed by atoms with Crippen molar-refractivity contribution in [3.8, 4) is 0 Å². The lowest BCUT2D eigenvalue weighted by molar-refractivity contribution is -0.119. The van der Waals surface area contributed by atoms with Gasteiger partial charge < -0.3 is 10.6 Å². The number of fused-ring (bicyclic) bond motifs is 1. The van der Waals surface area contributed by atoms with Gasteiger partial charge in [0.05, 0.1) is 11.3 Å². The Bertz CT molecular complexity index is 817. The van der Waals surface area contributed by atoms with Crippen LogP contribution < -0.4 is 10.6 Å². The maximum atomic E-state index is 12.7. The van der Waals surface area contributed by atoms with Crippen LogP contribution >= 0.6 is 11.8 Å². The van der Waals surface area contributed by atoms with E-state index in [9.17, 15) is 9.59 Å². The summed E-state index contributed by atoms with van der Waals surface area (Å²) < 4.78 is 0. The Kier molecular flexibility index (Phi) is 5.99. The van der Waals surface area contributed by atoms with Gasteiger partial charge in [-0.3, -0.25) is 9.59 Å². The smallest absolute Gasteiger partial charge is 0.256 e. The van der Waals surface area contributed by atoms with Gasteiger partial charge in [-0.2, -0.15) is 0 Å². The fourth-order valence-electron chi connectivity index (χ4n) is 3.14. The molecule has 5 heteroatoms. The first-order valence-corrected chi connectivity index (χ1v) is 9.96. The zero-order valence-electron chi connectivity index (χ0n) is 15.2. The van der Waals surface area contributed by atoms with Crippen molar-refractivity contribution in [1.82, 2.24) is 5.32 Å². The van der Waals surface area contributed by atoms with Gasteiger partial charge in [0, 0.05) is 16.6 Å². The molecule has 0 saturated heterocycles. The molecule has 136 valence electrons. The first-order valence-electron chi connectivity index (χ1n) is 8.97. The lowest BCUT2D eigenvalue weighted by Crippen LogP contribution is -2.31. The Hall–Kier alpha value is -2.27. The first-order chi connectivity index (χ1) is 12.5. The number of benzene rings is 2. The van der Waals surface area contributed by atoms with Gasteiger partial charge in [-0.1, -0.05) is 18.2 Å². The van der Waals surface area contributed by atoms with E-state index >= 15 is 0 Å². The first kappa shape index (κ1) is 18.5. The molecule has 0 saturated carbocycles. The molecule has 0 atom stereocenters. The number of carbonyl (C=O) groups is 2. The summed E-state index contributed by atoms with van der Waals surface area (Å²) in [4.78, 5) is 25.4. The highest BCUT2D eigenvalue weighted by Crippen LogP contribution is 2.27. The van der Waals surface area contributed by atoms with E-state index in [1.165, 1.54) is 29.3 Å². The highest BCUT2D eigenvalue weighted by molar-refractivity contribution is 8.00. The lowest BCUT2D eigenvalue weighted by Gasteiger charge is -2.12. The molecule has 4 nitrogen and oxygen atoms in total. The summed E-state index contributed by atoms with van der Waals surface area (Å²) in [6.45, 7) is 3.86. The Morgan fingerprint density at radius 2 is 1.85 bits per heavy atom. The molecule has 0 unspecified atom stereocenters. The molecule has 3 rings (SSSR count). The van der Waals surface area contributed by atoms with E-state index < -0.39 is 0 Å². The molecule has 0 radical (unpaired) electrons. The fourth-order valence-corrected chi connectivity index (χ4v) is 4.00. The Labute approximate surface area is 158 Å². The molecule has 0 bridgehead atoms. The normalized spacial score (nSPS) is 12.7. The van der Waals surface area contributed by atoms with Crippen LogP contribution in [0.1, 0.15) is 41.8 Å². The van der Waals surface area contributed by atoms with Crippen molar-refractivity contribution < 1.29 is 9.59 Å². The van der Waals surface area contributed by atoms with Crippen LogP contribution in [0.5, 0.6) is 0 Å². The van der Waals surface area contributed by atoms with Crippen molar-refractivity contribution >= 4 is 29.3 Å². The van der Waals surface area contributed by atoms with Gasteiger partial charge in [-0.05, 0) is 68.5 Å². The molecule has 1 aliphatic carbocycles. The van der Waals surface area contributed by atoms with E-state index in [1.54, 1.807) is 6.07 Å². The molecule has 2 aromatic rings. The predicted molar refractivity (Wildman–Crippen MR) is 107 cm³/mol. The third-order valence-corrected chi connectivity index (χ3v) is 5.37. The van der Waals surface area contributed by atoms with Crippen molar-refractivity contribution in [3.63, 3.8) is 0 Å². The van der Waals surface area contributed by atoms with Crippen LogP contribution in [0.3, 0.4) is 0 Å². The number of hydrogen-bond acceptors (Lipinski definition) is 3. The fraction of sp³-hybridized carbons (Fsp3) is 0.333. The molecule has 2 aromatic carbocycles. The highest BCUT2D eigenvalue weighted by Gasteiger charge is 2.15. The SMILES string of the molecule is CC(C)NC(=O)CSc1ccccc1C(=O)Nc1ccc2c(c1)CCC2. The number of nitrogens with one attached hydrogen (secondary N) is 2. The molecular formula is C21H24N2O2S. The second-order valence-electron chi connectivity index (χ2n) is 6.80. The Balaban J connectivity index is 1.68. The standard InChI is InChI=1S/C21H24N2O2S/c1-14(2)22-20(24)13-26-19-9-4-3-8-18(19)21(25)23-17-11-10-15-6-5-7-16(15)12-17/h3-4,8-12,14H,5-7,13H2,1-2H3,(H,22,24)(H,23,25). The summed E-state index contributed by atoms with van der Waals surface area (Å²) in [7, 11) is 0. The molecule has 0 aromatic heterocycles. The van der Waals surface area contributed by atoms with E-state index in [0.29, 0.717) is 11.3 Å². The number of anilines is 1. The number of hydrogen-bond donors (Lipinski definition) is 2. The van der Waals surface area contributed by atoms with Crippen LogP contribution in [-0.4, -0.2) is 23.6 Å². The predicted octanol–water partition coefficient (Wildman–Crippen LogP) is 4.04. The number of amides is 2. The number of aryl methyl sites for hydroxylation is 2. The van der Waals surface area contributed by atoms with Gasteiger partial charge in [0.15, 0.2) is 0 Å². The summed E-state index contributed by atoms with van der Waals surface area (Å²) in [5.74, 6) is 0.121. The van der Waals surface area contributed by atoms with Gasteiger partial charge in [0.1, 0.15) is 0 Å². The second-order valence-corrected chi connectivity index (χ2v) is 7.82. The van der Waals surface area contributed by atoms with Gasteiger partial charge >= 0.3 is 0 Å². The minimum absolute atomic E-state index is 0.0289. The van der Waals surface area contributed by atoms with Crippen molar-refractivity contribution in [2.45, 2.75) is 44.0 Å². The Morgan fingerprint density at radius 1 is 1.08 bits per heavy atom. The zero-order chi connectivity index (χ0) is 18.5. The number of carbonyl (C=O) groups excluding carboxylic acids is 2. The molecule has 0 aliphatic heterocycles. The minimum atomic E-state index is -0.143. The summed E-state index contributed by atoms with van der Waals surface area (Å²) in [6, 6.07) is 13.7. The van der Waals surface area contributed by atoms with Crippen LogP contribution in [0.25, 0.3) is 0 Å². The third-order valence-electron chi connectivity index (χ3n) is 4.30. The largest absolute Gasteiger partial charge is 0.353 e. The van der Waals surface area contributed by atoms with Crippen molar-refractivity contribution in [3.05, 3.63) is 59.2 Å². The van der Waals surface area contributed by atoms with Crippen LogP contribution in [0.4, 0.5) is 5.69 Å². The highest BCUT2D eigenvalue weighted by atomic mass is 32.2. The lowest BCUT2D eigenvalue weighted by atomic mass is 10.1. The average molecular weight is 369 g/mol. The van der Waals surface area contributed by atoms with E-state index in [2.05, 4.69) is 22.8 Å². The van der Waals surface area contributed by atoms with Gasteiger partial charge in [-0.15, -0.1) is 11.8 Å². The topological polar surface area (TPSA) is 58.2 Å². The van der Waals surface area contributed by atoms with Crippen LogP contribution in [0, 0.1) is 0 Å². The van der Waals surface area contributed by atoms with Crippen molar-refractivity contribution in [2.24, 2.45) is 0 Å². The molecule has 1 aliphatic rings. The second kappa shape index (κ2) is 8.41. The molecule has 2 N–H and O–H groups in total. The minimum Gasteiger partial charge on any atom is -0.353 e. The summed E-state index contributed by atoms with van der Waals surface area (Å²) in [6.07, 6.45) is 3.39. The average Bonchev–Trinajstić information content (AvgIpc) is 3.07. The summed E-state index contributed by atoms with van der Waals surface area (Å²) in [5.41, 5.74) is 4.13. The Morgan fingerprint density at radius 3 is 2.65 bits per heavy atom. The maximum Gasteiger partial charge on any atom is 0.256 e. The molecular weight excluding hydrogens is 344 g/mol. The molecule has 26 heavy (non-hydrogen) atoms. The quantitative estimate of drug-likeness (QED) is 0.757. The molecule has 2 amide bonds. The third kappa shape index (κ3) is 4.67. The van der Waals surface area contributed by atoms with Crippen LogP contribution in [-0.2, 0) is 17.6 Å². The zero-order valence-corrected chi connectivity index (χ0v) is 16.0. The van der Waals surface area contributed by atoms with Gasteiger partial charge in [0.25, 0.3) is 5.91 Å². The van der Waals surface area contributed by atoms with E-state index in [0.717, 1.165) is 23.4 Å². The molecule has 0 spiro atoms. The number of rotatable bonds is 6. The van der Waals surface area contributed by atoms with Gasteiger partial charge in [-0.25, -0.2) is 0 Å².